The van der Waals surface area contributed by atoms with E-state index in [0.29, 0.717) is 17.6 Å². The van der Waals surface area contributed by atoms with Crippen LogP contribution in [0.15, 0.2) is 0 Å². The van der Waals surface area contributed by atoms with Crippen molar-refractivity contribution in [2.45, 2.75) is 19.3 Å². The van der Waals surface area contributed by atoms with Crippen LogP contribution in [0, 0.1) is 23.7 Å². The second-order valence-electron chi connectivity index (χ2n) is 3.85. The van der Waals surface area contributed by atoms with E-state index in [-0.39, 0.29) is 0 Å². The Kier molecular flexibility index (Phi) is 0.544. The monoisotopic (exact) mass is 122 g/mol. The van der Waals surface area contributed by atoms with E-state index in [9.17, 15) is 4.79 Å². The number of hydrogen-bond donors (Lipinski definition) is 0. The Morgan fingerprint density at radius 3 is 2.00 bits per heavy atom. The standard InChI is InChI=1S/C8H10O/c9-8-6-2-4-1-5(3-6)7(4)8/h4-7H,1-3H2. The fourth-order valence-corrected chi connectivity index (χ4v) is 3.15. The zero-order chi connectivity index (χ0) is 6.01. The van der Waals surface area contributed by atoms with Crippen molar-refractivity contribution < 1.29 is 4.79 Å². The molecule has 3 rings (SSSR count). The molecular formula is C8H10O. The van der Waals surface area contributed by atoms with E-state index < -0.39 is 0 Å². The predicted molar refractivity (Wildman–Crippen MR) is 32.8 cm³/mol. The first kappa shape index (κ1) is 4.48. The second kappa shape index (κ2) is 1.09. The number of carbonyl (C=O) groups excluding carboxylic acids is 1. The summed E-state index contributed by atoms with van der Waals surface area (Å²) in [6.45, 7) is 0. The van der Waals surface area contributed by atoms with Gasteiger partial charge in [-0.25, -0.2) is 0 Å². The predicted octanol–water partition coefficient (Wildman–Crippen LogP) is 1.23. The molecule has 0 aromatic heterocycles. The molecule has 0 aliphatic heterocycles. The first-order valence-electron chi connectivity index (χ1n) is 3.90. The smallest absolute Gasteiger partial charge is 0.139 e. The third kappa shape index (κ3) is 0.322. The molecular weight excluding hydrogens is 112 g/mol. The Balaban J connectivity index is 2.10. The zero-order valence-electron chi connectivity index (χ0n) is 5.34. The molecule has 0 heterocycles. The maximum absolute atomic E-state index is 11.2. The van der Waals surface area contributed by atoms with E-state index in [1.165, 1.54) is 19.3 Å². The van der Waals surface area contributed by atoms with Crippen molar-refractivity contribution in [2.75, 3.05) is 0 Å². The summed E-state index contributed by atoms with van der Waals surface area (Å²) < 4.78 is 0. The third-order valence-corrected chi connectivity index (χ3v) is 3.53. The van der Waals surface area contributed by atoms with Crippen molar-refractivity contribution in [3.05, 3.63) is 0 Å². The van der Waals surface area contributed by atoms with Crippen LogP contribution in [0.1, 0.15) is 19.3 Å². The lowest BCUT2D eigenvalue weighted by molar-refractivity contribution is -0.123. The van der Waals surface area contributed by atoms with Crippen LogP contribution < -0.4 is 0 Å². The number of Topliss-reactive ketones (excluding diaryl/α,β-unsaturated/α-hetero) is 1. The largest absolute Gasteiger partial charge is 0.299 e. The molecule has 3 fully saturated rings. The fraction of sp³-hybridized carbons (Fsp3) is 0.875. The first-order valence-corrected chi connectivity index (χ1v) is 3.90. The quantitative estimate of drug-likeness (QED) is 0.472. The molecule has 0 aromatic rings. The van der Waals surface area contributed by atoms with Gasteiger partial charge in [0.25, 0.3) is 0 Å². The molecule has 3 aliphatic rings. The molecule has 0 radical (unpaired) electrons. The minimum absolute atomic E-state index is 0.527. The Morgan fingerprint density at radius 1 is 1.11 bits per heavy atom. The van der Waals surface area contributed by atoms with E-state index in [1.54, 1.807) is 0 Å². The van der Waals surface area contributed by atoms with Crippen LogP contribution in [-0.2, 0) is 4.79 Å². The normalized spacial score (nSPS) is 60.2. The molecule has 2 unspecified atom stereocenters. The molecule has 2 bridgehead atoms. The van der Waals surface area contributed by atoms with Crippen molar-refractivity contribution in [3.8, 4) is 0 Å². The summed E-state index contributed by atoms with van der Waals surface area (Å²) in [5, 5.41) is 0. The lowest BCUT2D eigenvalue weighted by Crippen LogP contribution is -2.34. The van der Waals surface area contributed by atoms with Crippen molar-refractivity contribution in [3.63, 3.8) is 0 Å². The minimum Gasteiger partial charge on any atom is -0.299 e. The minimum atomic E-state index is 0.527. The lowest BCUT2D eigenvalue weighted by atomic mass is 9.64. The maximum Gasteiger partial charge on any atom is 0.139 e. The molecule has 9 heavy (non-hydrogen) atoms. The van der Waals surface area contributed by atoms with Crippen LogP contribution in [-0.4, -0.2) is 5.78 Å². The number of fused-ring (bicyclic) bond motifs is 1. The second-order valence-corrected chi connectivity index (χ2v) is 3.85. The molecule has 3 aliphatic carbocycles. The van der Waals surface area contributed by atoms with E-state index >= 15 is 0 Å². The van der Waals surface area contributed by atoms with Gasteiger partial charge in [-0.1, -0.05) is 0 Å². The Morgan fingerprint density at radius 2 is 1.78 bits per heavy atom. The van der Waals surface area contributed by atoms with E-state index in [1.807, 2.05) is 0 Å². The molecule has 0 N–H and O–H groups in total. The molecule has 0 amide bonds. The first-order chi connectivity index (χ1) is 4.36. The summed E-state index contributed by atoms with van der Waals surface area (Å²) in [4.78, 5) is 11.2. The van der Waals surface area contributed by atoms with Gasteiger partial charge in [-0.3, -0.25) is 4.79 Å². The summed E-state index contributed by atoms with van der Waals surface area (Å²) >= 11 is 0. The molecule has 0 saturated heterocycles. The third-order valence-electron chi connectivity index (χ3n) is 3.53. The van der Waals surface area contributed by atoms with Crippen molar-refractivity contribution in [2.24, 2.45) is 23.7 Å². The van der Waals surface area contributed by atoms with Crippen molar-refractivity contribution >= 4 is 5.78 Å². The SMILES string of the molecule is O=C1C2CC3CC(C2)C13. The Bertz CT molecular complexity index is 173. The van der Waals surface area contributed by atoms with Crippen LogP contribution in [0.25, 0.3) is 0 Å². The van der Waals surface area contributed by atoms with Gasteiger partial charge in [-0.2, -0.15) is 0 Å². The van der Waals surface area contributed by atoms with Gasteiger partial charge < -0.3 is 0 Å². The highest BCUT2D eigenvalue weighted by atomic mass is 16.1. The molecule has 1 heteroatoms. The fourth-order valence-electron chi connectivity index (χ4n) is 3.15. The number of hydrogen-bond acceptors (Lipinski definition) is 1. The van der Waals surface area contributed by atoms with Crippen LogP contribution >= 0.6 is 0 Å². The molecule has 1 nitrogen and oxygen atoms in total. The number of carbonyl (C=O) groups is 1. The van der Waals surface area contributed by atoms with Gasteiger partial charge in [-0.05, 0) is 31.1 Å². The highest BCUT2D eigenvalue weighted by Crippen LogP contribution is 2.61. The molecule has 3 saturated carbocycles. The van der Waals surface area contributed by atoms with Gasteiger partial charge in [0, 0.05) is 11.8 Å². The molecule has 0 aromatic carbocycles. The topological polar surface area (TPSA) is 17.1 Å². The highest BCUT2D eigenvalue weighted by molar-refractivity contribution is 5.89. The van der Waals surface area contributed by atoms with Gasteiger partial charge in [-0.15, -0.1) is 0 Å². The van der Waals surface area contributed by atoms with Crippen LogP contribution in [0.4, 0.5) is 0 Å². The van der Waals surface area contributed by atoms with Crippen molar-refractivity contribution in [1.29, 1.82) is 0 Å². The van der Waals surface area contributed by atoms with Gasteiger partial charge >= 0.3 is 0 Å². The van der Waals surface area contributed by atoms with Gasteiger partial charge in [0.05, 0.1) is 0 Å². The highest BCUT2D eigenvalue weighted by Gasteiger charge is 2.59. The zero-order valence-corrected chi connectivity index (χ0v) is 5.34. The van der Waals surface area contributed by atoms with Gasteiger partial charge in [0.15, 0.2) is 0 Å². The lowest BCUT2D eigenvalue weighted by Gasteiger charge is -2.39. The summed E-state index contributed by atoms with van der Waals surface area (Å²) in [6, 6.07) is 0. The molecule has 48 valence electrons. The van der Waals surface area contributed by atoms with Crippen molar-refractivity contribution in [1.82, 2.24) is 0 Å². The summed E-state index contributed by atoms with van der Waals surface area (Å²) in [5.41, 5.74) is 0. The van der Waals surface area contributed by atoms with Gasteiger partial charge in [0.2, 0.25) is 0 Å². The summed E-state index contributed by atoms with van der Waals surface area (Å²) in [6.07, 6.45) is 3.88. The Hall–Kier alpha value is -0.330. The average Bonchev–Trinajstić information content (AvgIpc) is 2.19. The molecule has 2 atom stereocenters. The number of rotatable bonds is 0. The maximum atomic E-state index is 11.2. The summed E-state index contributed by atoms with van der Waals surface area (Å²) in [7, 11) is 0. The van der Waals surface area contributed by atoms with Gasteiger partial charge in [0.1, 0.15) is 5.78 Å². The Labute approximate surface area is 54.4 Å². The number of ketones is 1. The molecule has 0 spiro atoms. The van der Waals surface area contributed by atoms with Crippen LogP contribution in [0.2, 0.25) is 0 Å². The average molecular weight is 122 g/mol. The van der Waals surface area contributed by atoms with Crippen LogP contribution in [0.3, 0.4) is 0 Å². The van der Waals surface area contributed by atoms with E-state index in [0.717, 1.165) is 11.8 Å². The summed E-state index contributed by atoms with van der Waals surface area (Å²) in [5.74, 6) is 3.41. The van der Waals surface area contributed by atoms with Crippen LogP contribution in [0.5, 0.6) is 0 Å². The van der Waals surface area contributed by atoms with E-state index in [4.69, 9.17) is 0 Å². The van der Waals surface area contributed by atoms with E-state index in [2.05, 4.69) is 0 Å².